The van der Waals surface area contributed by atoms with Gasteiger partial charge >= 0.3 is 11.9 Å². The van der Waals surface area contributed by atoms with Gasteiger partial charge in [-0.15, -0.1) is 0 Å². The lowest BCUT2D eigenvalue weighted by atomic mass is 9.99. The number of amides is 1. The summed E-state index contributed by atoms with van der Waals surface area (Å²) in [4.78, 5) is 38.4. The summed E-state index contributed by atoms with van der Waals surface area (Å²) < 4.78 is 15.2. The second-order valence-electron chi connectivity index (χ2n) is 6.77. The van der Waals surface area contributed by atoms with Gasteiger partial charge in [0.2, 0.25) is 0 Å². The highest BCUT2D eigenvalue weighted by Crippen LogP contribution is 2.23. The first-order valence-corrected chi connectivity index (χ1v) is 9.27. The van der Waals surface area contributed by atoms with Gasteiger partial charge in [-0.3, -0.25) is 4.79 Å². The molecule has 0 saturated carbocycles. The molecule has 1 heterocycles. The molecule has 29 heavy (non-hydrogen) atoms. The smallest absolute Gasteiger partial charge is 0.338 e. The predicted octanol–water partition coefficient (Wildman–Crippen LogP) is 2.61. The van der Waals surface area contributed by atoms with Crippen LogP contribution in [0.3, 0.4) is 0 Å². The minimum atomic E-state index is -0.793. The summed E-state index contributed by atoms with van der Waals surface area (Å²) >= 11 is 0. The number of rotatable bonds is 5. The zero-order valence-corrected chi connectivity index (χ0v) is 16.6. The van der Waals surface area contributed by atoms with E-state index >= 15 is 0 Å². The van der Waals surface area contributed by atoms with Crippen LogP contribution < -0.4 is 4.74 Å². The molecule has 0 radical (unpaired) electrons. The predicted molar refractivity (Wildman–Crippen MR) is 105 cm³/mol. The average Bonchev–Trinajstić information content (AvgIpc) is 2.76. The summed E-state index contributed by atoms with van der Waals surface area (Å²) in [5, 5.41) is 0. The van der Waals surface area contributed by atoms with Crippen LogP contribution >= 0.6 is 0 Å². The largest absolute Gasteiger partial charge is 0.481 e. The molecule has 0 bridgehead atoms. The first-order chi connectivity index (χ1) is 13.9. The van der Waals surface area contributed by atoms with Crippen molar-refractivity contribution in [3.63, 3.8) is 0 Å². The Morgan fingerprint density at radius 2 is 1.52 bits per heavy atom. The number of nitrogens with zero attached hydrogens (tertiary/aromatic N) is 1. The fourth-order valence-electron chi connectivity index (χ4n) is 3.33. The number of esters is 2. The van der Waals surface area contributed by atoms with E-state index in [4.69, 9.17) is 14.2 Å². The molecule has 3 rings (SSSR count). The monoisotopic (exact) mass is 397 g/mol. The molecule has 1 aliphatic heterocycles. The van der Waals surface area contributed by atoms with Crippen LogP contribution in [0.4, 0.5) is 0 Å². The molecule has 152 valence electrons. The second kappa shape index (κ2) is 8.77. The quantitative estimate of drug-likeness (QED) is 0.722. The summed E-state index contributed by atoms with van der Waals surface area (Å²) in [6.07, 6.45) is -0.00229. The molecule has 1 amide bonds. The molecular weight excluding hydrogens is 374 g/mol. The Bertz CT molecular complexity index is 904. The maximum absolute atomic E-state index is 12.9. The van der Waals surface area contributed by atoms with Crippen molar-refractivity contribution in [1.29, 1.82) is 0 Å². The maximum atomic E-state index is 12.9. The Hall–Kier alpha value is -3.35. The number of hydrogen-bond acceptors (Lipinski definition) is 6. The van der Waals surface area contributed by atoms with Crippen LogP contribution in [0.25, 0.3) is 0 Å². The fraction of sp³-hybridized carbons (Fsp3) is 0.318. The van der Waals surface area contributed by atoms with Gasteiger partial charge < -0.3 is 19.1 Å². The SMILES string of the molecule is COC(=O)c1cc(O[C@@H](C)C(=O)N2CCc3ccccc3C2)cc(C(=O)OC)c1. The Morgan fingerprint density at radius 3 is 2.10 bits per heavy atom. The van der Waals surface area contributed by atoms with Crippen molar-refractivity contribution >= 4 is 17.8 Å². The standard InChI is InChI=1S/C22H23NO6/c1-14(20(24)23-9-8-15-6-4-5-7-16(15)13-23)29-19-11-17(21(25)27-2)10-18(12-19)22(26)28-3/h4-7,10-12,14H,8-9,13H2,1-3H3/t14-/m0/s1. The van der Waals surface area contributed by atoms with Gasteiger partial charge in [0.05, 0.1) is 25.3 Å². The van der Waals surface area contributed by atoms with Crippen LogP contribution in [0.1, 0.15) is 38.8 Å². The molecule has 0 saturated heterocycles. The van der Waals surface area contributed by atoms with Crippen molar-refractivity contribution in [2.24, 2.45) is 0 Å². The number of hydrogen-bond donors (Lipinski definition) is 0. The molecule has 0 aliphatic carbocycles. The molecule has 0 unspecified atom stereocenters. The van der Waals surface area contributed by atoms with Gasteiger partial charge in [-0.2, -0.15) is 0 Å². The number of methoxy groups -OCH3 is 2. The molecule has 2 aromatic carbocycles. The van der Waals surface area contributed by atoms with Crippen LogP contribution in [0, 0.1) is 0 Å². The first kappa shape index (κ1) is 20.4. The molecule has 1 aliphatic rings. The Morgan fingerprint density at radius 1 is 0.931 bits per heavy atom. The molecule has 2 aromatic rings. The molecule has 1 atom stereocenters. The van der Waals surface area contributed by atoms with Gasteiger partial charge in [-0.25, -0.2) is 9.59 Å². The van der Waals surface area contributed by atoms with E-state index in [2.05, 4.69) is 6.07 Å². The van der Waals surface area contributed by atoms with Crippen molar-refractivity contribution < 1.29 is 28.6 Å². The number of benzene rings is 2. The molecular formula is C22H23NO6. The normalized spacial score (nSPS) is 13.8. The van der Waals surface area contributed by atoms with Crippen molar-refractivity contribution in [1.82, 2.24) is 4.90 Å². The van der Waals surface area contributed by atoms with E-state index in [-0.39, 0.29) is 22.8 Å². The van der Waals surface area contributed by atoms with E-state index in [0.717, 1.165) is 12.0 Å². The topological polar surface area (TPSA) is 82.1 Å². The molecule has 0 aromatic heterocycles. The van der Waals surface area contributed by atoms with Crippen molar-refractivity contribution in [3.8, 4) is 5.75 Å². The third-order valence-electron chi connectivity index (χ3n) is 4.85. The zero-order valence-electron chi connectivity index (χ0n) is 16.6. The molecule has 0 fully saturated rings. The highest BCUT2D eigenvalue weighted by atomic mass is 16.5. The number of carbonyl (C=O) groups excluding carboxylic acids is 3. The lowest BCUT2D eigenvalue weighted by Gasteiger charge is -2.31. The van der Waals surface area contributed by atoms with Gasteiger partial charge in [0, 0.05) is 13.1 Å². The van der Waals surface area contributed by atoms with E-state index in [9.17, 15) is 14.4 Å². The zero-order chi connectivity index (χ0) is 21.0. The number of ether oxygens (including phenoxy) is 3. The van der Waals surface area contributed by atoms with Crippen LogP contribution in [0.5, 0.6) is 5.75 Å². The van der Waals surface area contributed by atoms with Gasteiger partial charge in [0.15, 0.2) is 6.10 Å². The number of fused-ring (bicyclic) bond motifs is 1. The summed E-state index contributed by atoms with van der Waals surface area (Å²) in [5.41, 5.74) is 2.65. The minimum Gasteiger partial charge on any atom is -0.481 e. The maximum Gasteiger partial charge on any atom is 0.338 e. The minimum absolute atomic E-state index is 0.136. The molecule has 0 N–H and O–H groups in total. The highest BCUT2D eigenvalue weighted by Gasteiger charge is 2.26. The Kier molecular flexibility index (Phi) is 6.16. The lowest BCUT2D eigenvalue weighted by molar-refractivity contribution is -0.138. The van der Waals surface area contributed by atoms with Crippen molar-refractivity contribution in [2.45, 2.75) is 26.0 Å². The second-order valence-corrected chi connectivity index (χ2v) is 6.77. The first-order valence-electron chi connectivity index (χ1n) is 9.27. The molecule has 7 nitrogen and oxygen atoms in total. The van der Waals surface area contributed by atoms with E-state index in [1.54, 1.807) is 11.8 Å². The molecule has 7 heteroatoms. The van der Waals surface area contributed by atoms with Crippen molar-refractivity contribution in [3.05, 3.63) is 64.7 Å². The van der Waals surface area contributed by atoms with E-state index < -0.39 is 18.0 Å². The van der Waals surface area contributed by atoms with Gasteiger partial charge in [-0.1, -0.05) is 24.3 Å². The summed E-state index contributed by atoms with van der Waals surface area (Å²) in [6.45, 7) is 2.78. The molecule has 0 spiro atoms. The van der Waals surface area contributed by atoms with Gasteiger partial charge in [0.1, 0.15) is 5.75 Å². The lowest BCUT2D eigenvalue weighted by Crippen LogP contribution is -2.43. The Balaban J connectivity index is 1.77. The van der Waals surface area contributed by atoms with Crippen LogP contribution in [-0.2, 0) is 27.2 Å². The van der Waals surface area contributed by atoms with E-state index in [0.29, 0.717) is 13.1 Å². The van der Waals surface area contributed by atoms with Gasteiger partial charge in [-0.05, 0) is 42.7 Å². The van der Waals surface area contributed by atoms with E-state index in [1.807, 2.05) is 18.2 Å². The fourth-order valence-corrected chi connectivity index (χ4v) is 3.33. The highest BCUT2D eigenvalue weighted by molar-refractivity contribution is 5.96. The van der Waals surface area contributed by atoms with E-state index in [1.165, 1.54) is 38.0 Å². The van der Waals surface area contributed by atoms with Crippen LogP contribution in [0.15, 0.2) is 42.5 Å². The average molecular weight is 397 g/mol. The van der Waals surface area contributed by atoms with Crippen LogP contribution in [0.2, 0.25) is 0 Å². The third kappa shape index (κ3) is 4.56. The summed E-state index contributed by atoms with van der Waals surface area (Å²) in [5.74, 6) is -1.19. The number of carbonyl (C=O) groups is 3. The Labute approximate surface area is 169 Å². The third-order valence-corrected chi connectivity index (χ3v) is 4.85. The summed E-state index contributed by atoms with van der Waals surface area (Å²) in [6, 6.07) is 12.3. The van der Waals surface area contributed by atoms with Crippen molar-refractivity contribution in [2.75, 3.05) is 20.8 Å². The summed E-state index contributed by atoms with van der Waals surface area (Å²) in [7, 11) is 2.49. The van der Waals surface area contributed by atoms with Gasteiger partial charge in [0.25, 0.3) is 5.91 Å². The van der Waals surface area contributed by atoms with Crippen LogP contribution in [-0.4, -0.2) is 49.6 Å².